The van der Waals surface area contributed by atoms with E-state index < -0.39 is 0 Å². The maximum atomic E-state index is 12.1. The van der Waals surface area contributed by atoms with Gasteiger partial charge in [-0.1, -0.05) is 24.3 Å². The Bertz CT molecular complexity index is 567. The molecule has 1 N–H and O–H groups in total. The lowest BCUT2D eigenvalue weighted by Gasteiger charge is -2.37. The molecule has 2 saturated heterocycles. The SMILES string of the molecule is O=C(CN1CCN(C2Cc3ccccc3C2)CC1)NCC1CCCO1. The molecule has 0 bridgehead atoms. The summed E-state index contributed by atoms with van der Waals surface area (Å²) in [6, 6.07) is 9.48. The summed E-state index contributed by atoms with van der Waals surface area (Å²) in [4.78, 5) is 17.0. The summed E-state index contributed by atoms with van der Waals surface area (Å²) in [5, 5.41) is 3.03. The zero-order chi connectivity index (χ0) is 17.1. The zero-order valence-corrected chi connectivity index (χ0v) is 15.0. The van der Waals surface area contributed by atoms with Crippen molar-refractivity contribution >= 4 is 5.91 Å². The van der Waals surface area contributed by atoms with Crippen LogP contribution in [0.1, 0.15) is 24.0 Å². The Balaban J connectivity index is 1.18. The minimum Gasteiger partial charge on any atom is -0.376 e. The molecule has 25 heavy (non-hydrogen) atoms. The number of carbonyl (C=O) groups excluding carboxylic acids is 1. The number of hydrogen-bond donors (Lipinski definition) is 1. The van der Waals surface area contributed by atoms with Crippen LogP contribution in [0.5, 0.6) is 0 Å². The van der Waals surface area contributed by atoms with E-state index in [2.05, 4.69) is 39.4 Å². The molecular weight excluding hydrogens is 314 g/mol. The van der Waals surface area contributed by atoms with Crippen molar-refractivity contribution in [1.29, 1.82) is 0 Å². The van der Waals surface area contributed by atoms with E-state index >= 15 is 0 Å². The third-order valence-corrected chi connectivity index (χ3v) is 5.87. The minimum absolute atomic E-state index is 0.136. The highest BCUT2D eigenvalue weighted by atomic mass is 16.5. The first-order chi connectivity index (χ1) is 12.3. The van der Waals surface area contributed by atoms with E-state index in [1.54, 1.807) is 0 Å². The van der Waals surface area contributed by atoms with Crippen LogP contribution in [0.4, 0.5) is 0 Å². The average Bonchev–Trinajstić information content (AvgIpc) is 3.30. The van der Waals surface area contributed by atoms with Gasteiger partial charge in [-0.05, 0) is 36.8 Å². The number of benzene rings is 1. The number of fused-ring (bicyclic) bond motifs is 1. The molecule has 3 aliphatic rings. The fourth-order valence-corrected chi connectivity index (χ4v) is 4.37. The van der Waals surface area contributed by atoms with Gasteiger partial charge in [0.15, 0.2) is 0 Å². The predicted octanol–water partition coefficient (Wildman–Crippen LogP) is 1.07. The predicted molar refractivity (Wildman–Crippen MR) is 97.6 cm³/mol. The monoisotopic (exact) mass is 343 g/mol. The lowest BCUT2D eigenvalue weighted by Crippen LogP contribution is -2.52. The second kappa shape index (κ2) is 7.85. The maximum absolute atomic E-state index is 12.1. The van der Waals surface area contributed by atoms with Crippen LogP contribution in [0.3, 0.4) is 0 Å². The van der Waals surface area contributed by atoms with Gasteiger partial charge in [0.05, 0.1) is 12.6 Å². The third kappa shape index (κ3) is 4.22. The van der Waals surface area contributed by atoms with Crippen LogP contribution in [-0.4, -0.2) is 73.7 Å². The van der Waals surface area contributed by atoms with E-state index in [-0.39, 0.29) is 12.0 Å². The van der Waals surface area contributed by atoms with Gasteiger partial charge in [-0.2, -0.15) is 0 Å². The van der Waals surface area contributed by atoms with Crippen LogP contribution in [0.2, 0.25) is 0 Å². The van der Waals surface area contributed by atoms with Crippen molar-refractivity contribution in [2.45, 2.75) is 37.8 Å². The Morgan fingerprint density at radius 3 is 2.48 bits per heavy atom. The van der Waals surface area contributed by atoms with Gasteiger partial charge in [-0.15, -0.1) is 0 Å². The van der Waals surface area contributed by atoms with E-state index in [4.69, 9.17) is 4.74 Å². The number of nitrogens with zero attached hydrogens (tertiary/aromatic N) is 2. The number of nitrogens with one attached hydrogen (secondary N) is 1. The highest BCUT2D eigenvalue weighted by Gasteiger charge is 2.29. The van der Waals surface area contributed by atoms with Crippen molar-refractivity contribution in [2.24, 2.45) is 0 Å². The van der Waals surface area contributed by atoms with E-state index in [1.807, 2.05) is 0 Å². The van der Waals surface area contributed by atoms with Crippen molar-refractivity contribution in [3.63, 3.8) is 0 Å². The van der Waals surface area contributed by atoms with E-state index in [0.29, 0.717) is 19.1 Å². The highest BCUT2D eigenvalue weighted by molar-refractivity contribution is 5.78. The molecule has 1 aliphatic carbocycles. The standard InChI is InChI=1S/C20H29N3O2/c24-20(21-14-19-6-3-11-25-19)15-22-7-9-23(10-8-22)18-12-16-4-1-2-5-17(16)13-18/h1-2,4-5,18-19H,3,6-15H2,(H,21,24). The van der Waals surface area contributed by atoms with E-state index in [0.717, 1.165) is 45.6 Å². The quantitative estimate of drug-likeness (QED) is 0.869. The summed E-state index contributed by atoms with van der Waals surface area (Å²) < 4.78 is 5.56. The molecule has 1 atom stereocenters. The fourth-order valence-electron chi connectivity index (χ4n) is 4.37. The molecule has 0 spiro atoms. The average molecular weight is 343 g/mol. The molecule has 2 aliphatic heterocycles. The normalized spacial score (nSPS) is 25.2. The Morgan fingerprint density at radius 1 is 1.12 bits per heavy atom. The van der Waals surface area contributed by atoms with Crippen molar-refractivity contribution in [3.8, 4) is 0 Å². The van der Waals surface area contributed by atoms with Gasteiger partial charge in [0.25, 0.3) is 0 Å². The molecule has 5 heteroatoms. The molecule has 5 nitrogen and oxygen atoms in total. The third-order valence-electron chi connectivity index (χ3n) is 5.87. The van der Waals surface area contributed by atoms with Crippen LogP contribution in [0.15, 0.2) is 24.3 Å². The summed E-state index contributed by atoms with van der Waals surface area (Å²) in [6.45, 7) is 6.13. The Kier molecular flexibility index (Phi) is 5.34. The first-order valence-electron chi connectivity index (χ1n) is 9.69. The lowest BCUT2D eigenvalue weighted by molar-refractivity contribution is -0.123. The smallest absolute Gasteiger partial charge is 0.234 e. The summed E-state index contributed by atoms with van der Waals surface area (Å²) in [5.41, 5.74) is 3.03. The molecule has 2 heterocycles. The van der Waals surface area contributed by atoms with Gasteiger partial charge in [-0.25, -0.2) is 0 Å². The van der Waals surface area contributed by atoms with Crippen LogP contribution in [0, 0.1) is 0 Å². The second-order valence-electron chi connectivity index (χ2n) is 7.58. The number of carbonyl (C=O) groups is 1. The summed E-state index contributed by atoms with van der Waals surface area (Å²) in [7, 11) is 0. The minimum atomic E-state index is 0.136. The molecule has 0 radical (unpaired) electrons. The Morgan fingerprint density at radius 2 is 1.84 bits per heavy atom. The van der Waals surface area contributed by atoms with Crippen LogP contribution < -0.4 is 5.32 Å². The van der Waals surface area contributed by atoms with Gasteiger partial charge < -0.3 is 10.1 Å². The number of rotatable bonds is 5. The van der Waals surface area contributed by atoms with Gasteiger partial charge in [0, 0.05) is 45.4 Å². The molecule has 1 aromatic rings. The number of hydrogen-bond acceptors (Lipinski definition) is 4. The summed E-state index contributed by atoms with van der Waals surface area (Å²) in [5.74, 6) is 0.136. The molecular formula is C20H29N3O2. The van der Waals surface area contributed by atoms with Crippen LogP contribution in [0.25, 0.3) is 0 Å². The van der Waals surface area contributed by atoms with Gasteiger partial charge in [0.2, 0.25) is 5.91 Å². The van der Waals surface area contributed by atoms with E-state index in [9.17, 15) is 4.79 Å². The fraction of sp³-hybridized carbons (Fsp3) is 0.650. The Hall–Kier alpha value is -1.43. The van der Waals surface area contributed by atoms with Crippen LogP contribution >= 0.6 is 0 Å². The highest BCUT2D eigenvalue weighted by Crippen LogP contribution is 2.26. The van der Waals surface area contributed by atoms with Gasteiger partial charge in [-0.3, -0.25) is 14.6 Å². The molecule has 1 amide bonds. The lowest BCUT2D eigenvalue weighted by atomic mass is 10.1. The van der Waals surface area contributed by atoms with Gasteiger partial charge >= 0.3 is 0 Å². The number of piperazine rings is 1. The molecule has 0 saturated carbocycles. The van der Waals surface area contributed by atoms with Gasteiger partial charge in [0.1, 0.15) is 0 Å². The molecule has 136 valence electrons. The van der Waals surface area contributed by atoms with Crippen molar-refractivity contribution < 1.29 is 9.53 Å². The van der Waals surface area contributed by atoms with E-state index in [1.165, 1.54) is 24.0 Å². The van der Waals surface area contributed by atoms with Crippen molar-refractivity contribution in [3.05, 3.63) is 35.4 Å². The topological polar surface area (TPSA) is 44.8 Å². The maximum Gasteiger partial charge on any atom is 0.234 e. The summed E-state index contributed by atoms with van der Waals surface area (Å²) in [6.07, 6.45) is 4.77. The molecule has 4 rings (SSSR count). The first kappa shape index (κ1) is 17.0. The van der Waals surface area contributed by atoms with Crippen LogP contribution in [-0.2, 0) is 22.4 Å². The first-order valence-corrected chi connectivity index (χ1v) is 9.69. The zero-order valence-electron chi connectivity index (χ0n) is 15.0. The number of amides is 1. The largest absolute Gasteiger partial charge is 0.376 e. The second-order valence-corrected chi connectivity index (χ2v) is 7.58. The molecule has 1 aromatic carbocycles. The van der Waals surface area contributed by atoms with Crippen molar-refractivity contribution in [2.75, 3.05) is 45.9 Å². The molecule has 0 aromatic heterocycles. The molecule has 1 unspecified atom stereocenters. The Labute approximate surface area is 150 Å². The number of ether oxygens (including phenoxy) is 1. The van der Waals surface area contributed by atoms with Crippen molar-refractivity contribution in [1.82, 2.24) is 15.1 Å². The molecule has 2 fully saturated rings. The summed E-state index contributed by atoms with van der Waals surface area (Å²) >= 11 is 0.